The van der Waals surface area contributed by atoms with Gasteiger partial charge in [0.2, 0.25) is 5.91 Å². The number of nitrogens with one attached hydrogen (secondary N) is 1. The van der Waals surface area contributed by atoms with E-state index in [1.807, 2.05) is 42.2 Å². The van der Waals surface area contributed by atoms with Crippen LogP contribution in [0.1, 0.15) is 18.7 Å². The maximum Gasteiger partial charge on any atom is 0.236 e. The first-order valence-electron chi connectivity index (χ1n) is 8.61. The van der Waals surface area contributed by atoms with Gasteiger partial charge in [-0.15, -0.1) is 0 Å². The van der Waals surface area contributed by atoms with Gasteiger partial charge < -0.3 is 19.0 Å². The number of methoxy groups -OCH3 is 1. The Morgan fingerprint density at radius 3 is 2.64 bits per heavy atom. The number of piperazine rings is 1. The summed E-state index contributed by atoms with van der Waals surface area (Å²) < 4.78 is 10.8. The molecule has 134 valence electrons. The Morgan fingerprint density at radius 2 is 1.96 bits per heavy atom. The van der Waals surface area contributed by atoms with Crippen LogP contribution in [-0.4, -0.2) is 50.6 Å². The summed E-state index contributed by atoms with van der Waals surface area (Å²) in [5, 5.41) is 3.22. The van der Waals surface area contributed by atoms with Crippen molar-refractivity contribution in [3.63, 3.8) is 0 Å². The zero-order chi connectivity index (χ0) is 17.6. The molecular weight excluding hydrogens is 318 g/mol. The van der Waals surface area contributed by atoms with Crippen LogP contribution in [0.2, 0.25) is 0 Å². The average Bonchev–Trinajstić information content (AvgIpc) is 3.21. The van der Waals surface area contributed by atoms with Crippen molar-refractivity contribution in [2.45, 2.75) is 13.0 Å². The predicted molar refractivity (Wildman–Crippen MR) is 96.9 cm³/mol. The van der Waals surface area contributed by atoms with Gasteiger partial charge in [0.15, 0.2) is 0 Å². The highest BCUT2D eigenvalue weighted by atomic mass is 16.5. The molecule has 25 heavy (non-hydrogen) atoms. The molecule has 1 saturated heterocycles. The molecule has 1 aromatic heterocycles. The normalized spacial score (nSPS) is 15.9. The monoisotopic (exact) mass is 343 g/mol. The lowest BCUT2D eigenvalue weighted by Crippen LogP contribution is -2.51. The van der Waals surface area contributed by atoms with E-state index in [9.17, 15) is 4.79 Å². The molecule has 6 heteroatoms. The summed E-state index contributed by atoms with van der Waals surface area (Å²) in [4.78, 5) is 16.6. The number of rotatable bonds is 6. The van der Waals surface area contributed by atoms with E-state index in [1.165, 1.54) is 0 Å². The largest absolute Gasteiger partial charge is 0.495 e. The summed E-state index contributed by atoms with van der Waals surface area (Å²) in [6.07, 6.45) is 1.65. The summed E-state index contributed by atoms with van der Waals surface area (Å²) in [7, 11) is 1.68. The molecule has 0 radical (unpaired) electrons. The van der Waals surface area contributed by atoms with Gasteiger partial charge in [-0.2, -0.15) is 0 Å². The molecule has 1 aliphatic heterocycles. The summed E-state index contributed by atoms with van der Waals surface area (Å²) in [5.74, 6) is 1.84. The molecule has 0 aliphatic carbocycles. The van der Waals surface area contributed by atoms with Gasteiger partial charge in [-0.25, -0.2) is 0 Å². The number of para-hydroxylation sites is 2. The van der Waals surface area contributed by atoms with Crippen LogP contribution in [0.4, 0.5) is 5.69 Å². The summed E-state index contributed by atoms with van der Waals surface area (Å²) in [5.41, 5.74) is 1.08. The van der Waals surface area contributed by atoms with Gasteiger partial charge >= 0.3 is 0 Å². The molecule has 1 N–H and O–H groups in total. The first-order chi connectivity index (χ1) is 12.2. The van der Waals surface area contributed by atoms with Crippen LogP contribution in [-0.2, 0) is 4.79 Å². The van der Waals surface area contributed by atoms with E-state index in [1.54, 1.807) is 13.4 Å². The van der Waals surface area contributed by atoms with Gasteiger partial charge in [-0.1, -0.05) is 12.1 Å². The molecule has 0 bridgehead atoms. The second-order valence-electron chi connectivity index (χ2n) is 6.16. The Kier molecular flexibility index (Phi) is 5.60. The zero-order valence-electron chi connectivity index (χ0n) is 14.8. The molecule has 1 aliphatic rings. The van der Waals surface area contributed by atoms with Crippen LogP contribution in [0.3, 0.4) is 0 Å². The first-order valence-corrected chi connectivity index (χ1v) is 8.61. The van der Waals surface area contributed by atoms with Gasteiger partial charge in [0.05, 0.1) is 31.6 Å². The molecule has 1 fully saturated rings. The van der Waals surface area contributed by atoms with Crippen LogP contribution in [0.25, 0.3) is 0 Å². The van der Waals surface area contributed by atoms with Crippen LogP contribution >= 0.6 is 0 Å². The molecule has 1 aromatic carbocycles. The molecule has 2 heterocycles. The van der Waals surface area contributed by atoms with Crippen molar-refractivity contribution in [1.29, 1.82) is 0 Å². The third-order valence-corrected chi connectivity index (χ3v) is 4.59. The topological polar surface area (TPSA) is 58.0 Å². The average molecular weight is 343 g/mol. The lowest BCUT2D eigenvalue weighted by Gasteiger charge is -2.36. The highest BCUT2D eigenvalue weighted by Gasteiger charge is 2.23. The highest BCUT2D eigenvalue weighted by Crippen LogP contribution is 2.28. The van der Waals surface area contributed by atoms with Gasteiger partial charge in [0.1, 0.15) is 11.5 Å². The third-order valence-electron chi connectivity index (χ3n) is 4.59. The maximum atomic E-state index is 12.4. The number of hydrogen-bond donors (Lipinski definition) is 1. The second kappa shape index (κ2) is 8.07. The van der Waals surface area contributed by atoms with Crippen molar-refractivity contribution in [3.05, 3.63) is 48.4 Å². The number of nitrogens with zero attached hydrogens (tertiary/aromatic N) is 2. The van der Waals surface area contributed by atoms with Crippen molar-refractivity contribution in [3.8, 4) is 5.75 Å². The van der Waals surface area contributed by atoms with Gasteiger partial charge in [0.25, 0.3) is 0 Å². The van der Waals surface area contributed by atoms with Gasteiger partial charge in [-0.05, 0) is 31.2 Å². The van der Waals surface area contributed by atoms with Crippen molar-refractivity contribution < 1.29 is 13.9 Å². The number of hydrogen-bond acceptors (Lipinski definition) is 5. The first kappa shape index (κ1) is 17.4. The fraction of sp³-hybridized carbons (Fsp3) is 0.421. The Labute approximate surface area is 148 Å². The number of carbonyl (C=O) groups excluding carboxylic acids is 1. The minimum absolute atomic E-state index is 0.0221. The van der Waals surface area contributed by atoms with E-state index in [0.717, 1.165) is 30.3 Å². The predicted octanol–water partition coefficient (Wildman–Crippen LogP) is 2.29. The van der Waals surface area contributed by atoms with Crippen molar-refractivity contribution in [1.82, 2.24) is 10.2 Å². The van der Waals surface area contributed by atoms with Crippen LogP contribution in [0, 0.1) is 0 Å². The number of amides is 1. The molecular formula is C19H25N3O3. The highest BCUT2D eigenvalue weighted by molar-refractivity contribution is 5.78. The van der Waals surface area contributed by atoms with Gasteiger partial charge in [0, 0.05) is 26.2 Å². The van der Waals surface area contributed by atoms with Gasteiger partial charge in [-0.3, -0.25) is 10.1 Å². The lowest BCUT2D eigenvalue weighted by atomic mass is 10.2. The fourth-order valence-electron chi connectivity index (χ4n) is 3.08. The molecule has 0 spiro atoms. The quantitative estimate of drug-likeness (QED) is 0.872. The third kappa shape index (κ3) is 4.14. The van der Waals surface area contributed by atoms with Crippen molar-refractivity contribution in [2.24, 2.45) is 0 Å². The smallest absolute Gasteiger partial charge is 0.236 e. The van der Waals surface area contributed by atoms with E-state index in [4.69, 9.17) is 9.15 Å². The molecule has 6 nitrogen and oxygen atoms in total. The summed E-state index contributed by atoms with van der Waals surface area (Å²) in [6.45, 7) is 5.35. The van der Waals surface area contributed by atoms with E-state index in [-0.39, 0.29) is 11.9 Å². The van der Waals surface area contributed by atoms with Crippen LogP contribution in [0.5, 0.6) is 5.75 Å². The molecule has 1 atom stereocenters. The van der Waals surface area contributed by atoms with Crippen LogP contribution < -0.4 is 15.0 Å². The lowest BCUT2D eigenvalue weighted by molar-refractivity contribution is -0.130. The molecule has 0 saturated carbocycles. The zero-order valence-corrected chi connectivity index (χ0v) is 14.8. The summed E-state index contributed by atoms with van der Waals surface area (Å²) >= 11 is 0. The van der Waals surface area contributed by atoms with E-state index >= 15 is 0 Å². The minimum atomic E-state index is 0.0221. The Bertz CT molecular complexity index is 679. The fourth-order valence-corrected chi connectivity index (χ4v) is 3.08. The Morgan fingerprint density at radius 1 is 1.20 bits per heavy atom. The second-order valence-corrected chi connectivity index (χ2v) is 6.16. The van der Waals surface area contributed by atoms with Crippen molar-refractivity contribution in [2.75, 3.05) is 44.7 Å². The number of furan rings is 1. The standard InChI is InChI=1S/C19H25N3O3/c1-15(17-8-5-13-25-17)20-14-19(23)22-11-9-21(10-12-22)16-6-3-4-7-18(16)24-2/h3-8,13,15,20H,9-12,14H2,1-2H3/t15-/m0/s1. The molecule has 0 unspecified atom stereocenters. The Hall–Kier alpha value is -2.47. The SMILES string of the molecule is COc1ccccc1N1CCN(C(=O)CN[C@@H](C)c2ccco2)CC1. The Balaban J connectivity index is 1.49. The number of benzene rings is 1. The number of anilines is 1. The summed E-state index contributed by atoms with van der Waals surface area (Å²) in [6, 6.07) is 11.8. The van der Waals surface area contributed by atoms with Crippen LogP contribution in [0.15, 0.2) is 47.1 Å². The molecule has 3 rings (SSSR count). The number of carbonyl (C=O) groups is 1. The van der Waals surface area contributed by atoms with E-state index in [2.05, 4.69) is 16.3 Å². The van der Waals surface area contributed by atoms with Crippen molar-refractivity contribution >= 4 is 11.6 Å². The van der Waals surface area contributed by atoms with E-state index in [0.29, 0.717) is 19.6 Å². The minimum Gasteiger partial charge on any atom is -0.495 e. The van der Waals surface area contributed by atoms with E-state index < -0.39 is 0 Å². The molecule has 2 aromatic rings. The number of ether oxygens (including phenoxy) is 1. The molecule has 1 amide bonds. The maximum absolute atomic E-state index is 12.4.